The number of phenolic OH excluding ortho intramolecular Hbond substituents is 2. The number of aromatic hydroxyl groups is 2. The number of esters is 1. The van der Waals surface area contributed by atoms with Crippen molar-refractivity contribution in [2.45, 2.75) is 26.3 Å². The van der Waals surface area contributed by atoms with Crippen LogP contribution in [-0.2, 0) is 9.53 Å². The molecule has 0 aliphatic heterocycles. The molecule has 3 rings (SSSR count). The van der Waals surface area contributed by atoms with Crippen LogP contribution in [0.2, 0.25) is 0 Å². The molecule has 1 amide bonds. The predicted molar refractivity (Wildman–Crippen MR) is 106 cm³/mol. The lowest BCUT2D eigenvalue weighted by Crippen LogP contribution is -2.43. The van der Waals surface area contributed by atoms with Gasteiger partial charge in [-0.25, -0.2) is 4.79 Å². The van der Waals surface area contributed by atoms with E-state index < -0.39 is 35.2 Å². The molecule has 1 aliphatic rings. The van der Waals surface area contributed by atoms with Crippen LogP contribution in [0, 0.1) is 0 Å². The zero-order valence-electron chi connectivity index (χ0n) is 16.8. The minimum Gasteiger partial charge on any atom is -0.507 e. The summed E-state index contributed by atoms with van der Waals surface area (Å²) in [7, 11) is 1.42. The first-order valence-corrected chi connectivity index (χ1v) is 9.45. The van der Waals surface area contributed by atoms with Crippen LogP contribution in [0.15, 0.2) is 30.3 Å². The van der Waals surface area contributed by atoms with Crippen molar-refractivity contribution in [1.29, 1.82) is 0 Å². The Kier molecular flexibility index (Phi) is 5.60. The highest BCUT2D eigenvalue weighted by Crippen LogP contribution is 2.37. The van der Waals surface area contributed by atoms with Crippen molar-refractivity contribution >= 4 is 23.4 Å². The van der Waals surface area contributed by atoms with E-state index in [0.717, 1.165) is 6.07 Å². The van der Waals surface area contributed by atoms with Crippen LogP contribution in [-0.4, -0.2) is 58.3 Å². The summed E-state index contributed by atoms with van der Waals surface area (Å²) in [6.45, 7) is 3.55. The van der Waals surface area contributed by atoms with Crippen LogP contribution in [0.25, 0.3) is 0 Å². The number of likely N-dealkylation sites (N-methyl/N-ethyl adjacent to an activating group) is 1. The van der Waals surface area contributed by atoms with E-state index in [9.17, 15) is 29.4 Å². The van der Waals surface area contributed by atoms with E-state index in [1.165, 1.54) is 36.2 Å². The molecule has 0 fully saturated rings. The van der Waals surface area contributed by atoms with Crippen molar-refractivity contribution in [3.05, 3.63) is 58.1 Å². The molecule has 156 valence electrons. The van der Waals surface area contributed by atoms with Gasteiger partial charge in [-0.2, -0.15) is 0 Å². The van der Waals surface area contributed by atoms with Crippen LogP contribution in [0.4, 0.5) is 0 Å². The number of nitrogens with zero attached hydrogens (tertiary/aromatic N) is 1. The largest absolute Gasteiger partial charge is 0.507 e. The molecule has 8 heteroatoms. The maximum atomic E-state index is 13.0. The third-order valence-electron chi connectivity index (χ3n) is 5.08. The van der Waals surface area contributed by atoms with Gasteiger partial charge in [0.25, 0.3) is 5.91 Å². The number of carbonyl (C=O) groups is 4. The third-order valence-corrected chi connectivity index (χ3v) is 5.08. The van der Waals surface area contributed by atoms with E-state index in [1.807, 2.05) is 0 Å². The average molecular weight is 411 g/mol. The molecular formula is C22H21NO7. The van der Waals surface area contributed by atoms with E-state index in [-0.39, 0.29) is 40.2 Å². The number of amides is 1. The molecule has 2 aromatic rings. The standard InChI is InChI=1S/C22H21NO7/c1-4-14(22(29)30-5-2)23(3)21(28)11-9-13-18(16(25)10-11)20(27)17-12(19(13)26)7-6-8-15(17)24/h6-10,14,24-25H,4-5H2,1-3H3. The average Bonchev–Trinajstić information content (AvgIpc) is 2.71. The molecule has 0 bridgehead atoms. The van der Waals surface area contributed by atoms with Crippen LogP contribution < -0.4 is 0 Å². The summed E-state index contributed by atoms with van der Waals surface area (Å²) >= 11 is 0. The highest BCUT2D eigenvalue weighted by molar-refractivity contribution is 6.30. The highest BCUT2D eigenvalue weighted by Gasteiger charge is 2.36. The lowest BCUT2D eigenvalue weighted by Gasteiger charge is -2.26. The van der Waals surface area contributed by atoms with Gasteiger partial charge in [0.1, 0.15) is 17.5 Å². The fourth-order valence-corrected chi connectivity index (χ4v) is 3.59. The van der Waals surface area contributed by atoms with E-state index >= 15 is 0 Å². The Morgan fingerprint density at radius 3 is 2.30 bits per heavy atom. The van der Waals surface area contributed by atoms with Gasteiger partial charge in [0, 0.05) is 23.7 Å². The van der Waals surface area contributed by atoms with Crippen LogP contribution in [0.1, 0.15) is 62.5 Å². The number of carbonyl (C=O) groups excluding carboxylic acids is 4. The Labute approximate surface area is 172 Å². The van der Waals surface area contributed by atoms with Crippen LogP contribution >= 0.6 is 0 Å². The topological polar surface area (TPSA) is 121 Å². The number of ether oxygens (including phenoxy) is 1. The molecule has 0 spiro atoms. The molecule has 0 saturated carbocycles. The smallest absolute Gasteiger partial charge is 0.328 e. The van der Waals surface area contributed by atoms with E-state index in [0.29, 0.717) is 6.42 Å². The molecule has 1 unspecified atom stereocenters. The molecule has 8 nitrogen and oxygen atoms in total. The third kappa shape index (κ3) is 3.30. The SMILES string of the molecule is CCOC(=O)C(CC)N(C)C(=O)c1cc(O)c2c(c1)C(=O)c1cccc(O)c1C2=O. The van der Waals surface area contributed by atoms with Gasteiger partial charge in [-0.05, 0) is 31.5 Å². The Bertz CT molecular complexity index is 1070. The molecule has 1 aliphatic carbocycles. The minimum atomic E-state index is -0.842. The first-order chi connectivity index (χ1) is 14.2. The second kappa shape index (κ2) is 7.98. The summed E-state index contributed by atoms with van der Waals surface area (Å²) < 4.78 is 4.99. The van der Waals surface area contributed by atoms with Crippen LogP contribution in [0.3, 0.4) is 0 Å². The summed E-state index contributed by atoms with van der Waals surface area (Å²) in [6, 6.07) is 5.55. The first-order valence-electron chi connectivity index (χ1n) is 9.45. The second-order valence-electron chi connectivity index (χ2n) is 6.87. The van der Waals surface area contributed by atoms with Gasteiger partial charge < -0.3 is 19.8 Å². The monoisotopic (exact) mass is 411 g/mol. The van der Waals surface area contributed by atoms with Gasteiger partial charge in [0.15, 0.2) is 5.78 Å². The quantitative estimate of drug-likeness (QED) is 0.618. The Hall–Kier alpha value is -3.68. The highest BCUT2D eigenvalue weighted by atomic mass is 16.5. The lowest BCUT2D eigenvalue weighted by atomic mass is 9.82. The number of hydrogen-bond donors (Lipinski definition) is 2. The summed E-state index contributed by atoms with van der Waals surface area (Å²) in [6.07, 6.45) is 0.308. The number of phenols is 2. The summed E-state index contributed by atoms with van der Waals surface area (Å²) in [5, 5.41) is 20.4. The number of rotatable bonds is 5. The Morgan fingerprint density at radius 2 is 1.67 bits per heavy atom. The maximum absolute atomic E-state index is 13.0. The molecular weight excluding hydrogens is 390 g/mol. The van der Waals surface area contributed by atoms with Gasteiger partial charge in [-0.1, -0.05) is 19.1 Å². The van der Waals surface area contributed by atoms with E-state index in [4.69, 9.17) is 4.74 Å². The molecule has 0 heterocycles. The van der Waals surface area contributed by atoms with Gasteiger partial charge in [-0.15, -0.1) is 0 Å². The summed E-state index contributed by atoms with van der Waals surface area (Å²) in [5.41, 5.74) is -0.663. The first kappa shape index (κ1) is 21.0. The van der Waals surface area contributed by atoms with Crippen molar-refractivity contribution in [3.8, 4) is 11.5 Å². The molecule has 2 N–H and O–H groups in total. The Morgan fingerprint density at radius 1 is 1.00 bits per heavy atom. The zero-order chi connectivity index (χ0) is 22.2. The predicted octanol–water partition coefficient (Wildman–Crippen LogP) is 2.29. The molecule has 30 heavy (non-hydrogen) atoms. The molecule has 0 aromatic heterocycles. The Balaban J connectivity index is 2.05. The van der Waals surface area contributed by atoms with Crippen molar-refractivity contribution in [1.82, 2.24) is 4.90 Å². The number of fused-ring (bicyclic) bond motifs is 2. The molecule has 0 radical (unpaired) electrons. The normalized spacial score (nSPS) is 13.3. The number of hydrogen-bond acceptors (Lipinski definition) is 7. The molecule has 1 atom stereocenters. The van der Waals surface area contributed by atoms with Gasteiger partial charge >= 0.3 is 5.97 Å². The van der Waals surface area contributed by atoms with E-state index in [1.54, 1.807) is 13.8 Å². The zero-order valence-corrected chi connectivity index (χ0v) is 16.8. The van der Waals surface area contributed by atoms with Crippen molar-refractivity contribution in [3.63, 3.8) is 0 Å². The summed E-state index contributed by atoms with van der Waals surface area (Å²) in [5.74, 6) is -3.40. The fraction of sp³-hybridized carbons (Fsp3) is 0.273. The van der Waals surface area contributed by atoms with Crippen molar-refractivity contribution in [2.24, 2.45) is 0 Å². The molecule has 0 saturated heterocycles. The maximum Gasteiger partial charge on any atom is 0.328 e. The van der Waals surface area contributed by atoms with Gasteiger partial charge in [0.2, 0.25) is 5.78 Å². The summed E-state index contributed by atoms with van der Waals surface area (Å²) in [4.78, 5) is 52.0. The lowest BCUT2D eigenvalue weighted by molar-refractivity contribution is -0.148. The molecule has 2 aromatic carbocycles. The van der Waals surface area contributed by atoms with E-state index in [2.05, 4.69) is 0 Å². The van der Waals surface area contributed by atoms with Crippen molar-refractivity contribution in [2.75, 3.05) is 13.7 Å². The number of benzene rings is 2. The minimum absolute atomic E-state index is 0.0113. The van der Waals surface area contributed by atoms with Crippen molar-refractivity contribution < 1.29 is 34.1 Å². The van der Waals surface area contributed by atoms with Gasteiger partial charge in [-0.3, -0.25) is 14.4 Å². The number of ketones is 2. The van der Waals surface area contributed by atoms with Gasteiger partial charge in [0.05, 0.1) is 17.7 Å². The second-order valence-corrected chi connectivity index (χ2v) is 6.87. The fourth-order valence-electron chi connectivity index (χ4n) is 3.59. The van der Waals surface area contributed by atoms with Crippen LogP contribution in [0.5, 0.6) is 11.5 Å².